The van der Waals surface area contributed by atoms with Crippen molar-refractivity contribution in [1.82, 2.24) is 5.32 Å². The van der Waals surface area contributed by atoms with Gasteiger partial charge in [-0.15, -0.1) is 12.4 Å². The van der Waals surface area contributed by atoms with Crippen LogP contribution in [0.15, 0.2) is 0 Å². The summed E-state index contributed by atoms with van der Waals surface area (Å²) >= 11 is 0. The lowest BCUT2D eigenvalue weighted by molar-refractivity contribution is -0.156. The molecule has 1 saturated heterocycles. The second-order valence-corrected chi connectivity index (χ2v) is 4.10. The number of rotatable bonds is 1. The van der Waals surface area contributed by atoms with Crippen LogP contribution < -0.4 is 5.32 Å². The third-order valence-corrected chi connectivity index (χ3v) is 3.27. The molecule has 2 fully saturated rings. The minimum absolute atomic E-state index is 0. The van der Waals surface area contributed by atoms with Gasteiger partial charge in [-0.1, -0.05) is 6.42 Å². The SMILES string of the molecule is Cl.O=C1NCC2(C(=O)O)CCCC1C2. The summed E-state index contributed by atoms with van der Waals surface area (Å²) in [6.45, 7) is 0.317. The lowest BCUT2D eigenvalue weighted by atomic mass is 9.67. The number of carboxylic acid groups (broad SMARTS) is 1. The molecule has 4 nitrogen and oxygen atoms in total. The lowest BCUT2D eigenvalue weighted by Gasteiger charge is -2.41. The van der Waals surface area contributed by atoms with Crippen molar-refractivity contribution >= 4 is 24.3 Å². The number of piperidine rings is 1. The first kappa shape index (κ1) is 11.3. The van der Waals surface area contributed by atoms with Crippen molar-refractivity contribution in [2.24, 2.45) is 11.3 Å². The average molecular weight is 220 g/mol. The molecule has 2 bridgehead atoms. The summed E-state index contributed by atoms with van der Waals surface area (Å²) in [7, 11) is 0. The summed E-state index contributed by atoms with van der Waals surface area (Å²) in [5.41, 5.74) is -0.656. The minimum Gasteiger partial charge on any atom is -0.481 e. The summed E-state index contributed by atoms with van der Waals surface area (Å²) < 4.78 is 0. The van der Waals surface area contributed by atoms with E-state index in [0.29, 0.717) is 19.4 Å². The molecule has 0 aromatic rings. The molecule has 0 aromatic heterocycles. The monoisotopic (exact) mass is 219 g/mol. The maximum absolute atomic E-state index is 11.3. The molecule has 2 N–H and O–H groups in total. The molecule has 1 heterocycles. The molecule has 0 radical (unpaired) electrons. The zero-order chi connectivity index (χ0) is 9.47. The highest BCUT2D eigenvalue weighted by molar-refractivity contribution is 5.85. The maximum Gasteiger partial charge on any atom is 0.311 e. The van der Waals surface area contributed by atoms with Crippen LogP contribution in [0.25, 0.3) is 0 Å². The maximum atomic E-state index is 11.3. The summed E-state index contributed by atoms with van der Waals surface area (Å²) in [5.74, 6) is -0.771. The first-order valence-electron chi connectivity index (χ1n) is 4.65. The van der Waals surface area contributed by atoms with Gasteiger partial charge in [-0.05, 0) is 19.3 Å². The number of carbonyl (C=O) groups is 2. The van der Waals surface area contributed by atoms with Crippen LogP contribution in [0.1, 0.15) is 25.7 Å². The second-order valence-electron chi connectivity index (χ2n) is 4.10. The van der Waals surface area contributed by atoms with Gasteiger partial charge in [0.2, 0.25) is 5.91 Å². The van der Waals surface area contributed by atoms with Gasteiger partial charge >= 0.3 is 5.97 Å². The fraction of sp³-hybridized carbons (Fsp3) is 0.778. The van der Waals surface area contributed by atoms with Crippen molar-refractivity contribution in [3.63, 3.8) is 0 Å². The standard InChI is InChI=1S/C9H13NO3.ClH/c11-7-6-2-1-3-9(4-6,5-10-7)8(12)13;/h6H,1-5H2,(H,10,11)(H,12,13);1H. The van der Waals surface area contributed by atoms with Gasteiger partial charge in [-0.25, -0.2) is 0 Å². The highest BCUT2D eigenvalue weighted by Crippen LogP contribution is 2.41. The van der Waals surface area contributed by atoms with E-state index in [9.17, 15) is 9.59 Å². The topological polar surface area (TPSA) is 66.4 Å². The largest absolute Gasteiger partial charge is 0.481 e. The van der Waals surface area contributed by atoms with Crippen molar-refractivity contribution in [2.45, 2.75) is 25.7 Å². The van der Waals surface area contributed by atoms with E-state index in [2.05, 4.69) is 5.32 Å². The van der Waals surface area contributed by atoms with Gasteiger partial charge in [-0.3, -0.25) is 9.59 Å². The van der Waals surface area contributed by atoms with E-state index in [1.807, 2.05) is 0 Å². The molecular formula is C9H14ClNO3. The normalized spacial score (nSPS) is 35.4. The molecule has 14 heavy (non-hydrogen) atoms. The number of halogens is 1. The van der Waals surface area contributed by atoms with Gasteiger partial charge in [0.05, 0.1) is 5.41 Å². The predicted octanol–water partition coefficient (Wildman–Crippen LogP) is 0.799. The molecule has 2 rings (SSSR count). The van der Waals surface area contributed by atoms with E-state index in [1.165, 1.54) is 0 Å². The van der Waals surface area contributed by atoms with E-state index < -0.39 is 11.4 Å². The van der Waals surface area contributed by atoms with Crippen LogP contribution in [0, 0.1) is 11.3 Å². The first-order valence-corrected chi connectivity index (χ1v) is 4.65. The van der Waals surface area contributed by atoms with Crippen LogP contribution >= 0.6 is 12.4 Å². The molecule has 1 saturated carbocycles. The number of hydrogen-bond acceptors (Lipinski definition) is 2. The summed E-state index contributed by atoms with van der Waals surface area (Å²) in [6.07, 6.45) is 2.96. The lowest BCUT2D eigenvalue weighted by Crippen LogP contribution is -2.54. The average Bonchev–Trinajstić information content (AvgIpc) is 2.13. The van der Waals surface area contributed by atoms with Gasteiger partial charge in [0.1, 0.15) is 0 Å². The summed E-state index contributed by atoms with van der Waals surface area (Å²) in [6, 6.07) is 0. The molecule has 2 aliphatic rings. The molecule has 0 spiro atoms. The quantitative estimate of drug-likeness (QED) is 0.686. The Balaban J connectivity index is 0.000000980. The Hall–Kier alpha value is -0.770. The number of carboxylic acids is 1. The Bertz CT molecular complexity index is 269. The fourth-order valence-electron chi connectivity index (χ4n) is 2.42. The number of nitrogens with one attached hydrogen (secondary N) is 1. The highest BCUT2D eigenvalue weighted by atomic mass is 35.5. The van der Waals surface area contributed by atoms with Crippen LogP contribution in [0.5, 0.6) is 0 Å². The number of carbonyl (C=O) groups excluding carboxylic acids is 1. The van der Waals surface area contributed by atoms with E-state index in [0.717, 1.165) is 12.8 Å². The highest BCUT2D eigenvalue weighted by Gasteiger charge is 2.48. The number of hydrogen-bond donors (Lipinski definition) is 2. The van der Waals surface area contributed by atoms with E-state index in [-0.39, 0.29) is 24.2 Å². The van der Waals surface area contributed by atoms with Crippen molar-refractivity contribution < 1.29 is 14.7 Å². The van der Waals surface area contributed by atoms with Gasteiger partial charge in [0.15, 0.2) is 0 Å². The van der Waals surface area contributed by atoms with Gasteiger partial charge in [0, 0.05) is 12.5 Å². The second kappa shape index (κ2) is 3.77. The Kier molecular flexibility index (Phi) is 3.04. The number of fused-ring (bicyclic) bond motifs is 2. The summed E-state index contributed by atoms with van der Waals surface area (Å²) in [4.78, 5) is 22.3. The van der Waals surface area contributed by atoms with Crippen LogP contribution in [0.4, 0.5) is 0 Å². The van der Waals surface area contributed by atoms with Crippen molar-refractivity contribution in [1.29, 1.82) is 0 Å². The van der Waals surface area contributed by atoms with E-state index >= 15 is 0 Å². The van der Waals surface area contributed by atoms with Crippen LogP contribution in [-0.2, 0) is 9.59 Å². The van der Waals surface area contributed by atoms with E-state index in [1.54, 1.807) is 0 Å². The fourth-order valence-corrected chi connectivity index (χ4v) is 2.42. The zero-order valence-corrected chi connectivity index (χ0v) is 8.60. The summed E-state index contributed by atoms with van der Waals surface area (Å²) in [5, 5.41) is 11.8. The van der Waals surface area contributed by atoms with Crippen LogP contribution in [0.3, 0.4) is 0 Å². The number of aliphatic carboxylic acids is 1. The third-order valence-electron chi connectivity index (χ3n) is 3.27. The third kappa shape index (κ3) is 1.59. The van der Waals surface area contributed by atoms with Crippen LogP contribution in [-0.4, -0.2) is 23.5 Å². The van der Waals surface area contributed by atoms with Gasteiger partial charge in [-0.2, -0.15) is 0 Å². The first-order chi connectivity index (χ1) is 6.14. The van der Waals surface area contributed by atoms with Crippen molar-refractivity contribution in [3.8, 4) is 0 Å². The molecule has 1 aliphatic carbocycles. The molecule has 2 atom stereocenters. The Morgan fingerprint density at radius 1 is 1.57 bits per heavy atom. The molecule has 5 heteroatoms. The molecule has 80 valence electrons. The van der Waals surface area contributed by atoms with E-state index in [4.69, 9.17) is 5.11 Å². The van der Waals surface area contributed by atoms with Crippen LogP contribution in [0.2, 0.25) is 0 Å². The molecule has 2 unspecified atom stereocenters. The molecule has 1 aliphatic heterocycles. The van der Waals surface area contributed by atoms with Crippen molar-refractivity contribution in [2.75, 3.05) is 6.54 Å². The van der Waals surface area contributed by atoms with Gasteiger partial charge in [0.25, 0.3) is 0 Å². The predicted molar refractivity (Wildman–Crippen MR) is 52.3 cm³/mol. The van der Waals surface area contributed by atoms with Gasteiger partial charge < -0.3 is 10.4 Å². The molecule has 0 aromatic carbocycles. The Morgan fingerprint density at radius 3 is 2.93 bits per heavy atom. The zero-order valence-electron chi connectivity index (χ0n) is 7.78. The molecule has 1 amide bonds. The number of amides is 1. The Morgan fingerprint density at radius 2 is 2.29 bits per heavy atom. The molecular weight excluding hydrogens is 206 g/mol. The minimum atomic E-state index is -0.753. The van der Waals surface area contributed by atoms with Crippen molar-refractivity contribution in [3.05, 3.63) is 0 Å². The Labute approximate surface area is 88.5 Å². The smallest absolute Gasteiger partial charge is 0.311 e.